The molecule has 0 saturated carbocycles. The molecule has 0 amide bonds. The van der Waals surface area contributed by atoms with E-state index in [4.69, 9.17) is 0 Å². The lowest BCUT2D eigenvalue weighted by Crippen LogP contribution is -2.47. The van der Waals surface area contributed by atoms with E-state index in [1.165, 1.54) is 0 Å². The van der Waals surface area contributed by atoms with Gasteiger partial charge in [-0.25, -0.2) is 4.39 Å². The first-order valence-electron chi connectivity index (χ1n) is 7.34. The summed E-state index contributed by atoms with van der Waals surface area (Å²) in [6.07, 6.45) is 3.73. The molecule has 4 heteroatoms. The number of rotatable bonds is 3. The van der Waals surface area contributed by atoms with Crippen molar-refractivity contribution in [3.05, 3.63) is 33.1 Å². The molecule has 20 heavy (non-hydrogen) atoms. The molecule has 2 bridgehead atoms. The minimum atomic E-state index is -0.170. The fraction of sp³-hybridized carbons (Fsp3) is 0.562. The first kappa shape index (κ1) is 14.4. The van der Waals surface area contributed by atoms with Gasteiger partial charge in [-0.2, -0.15) is 0 Å². The zero-order chi connectivity index (χ0) is 14.3. The van der Waals surface area contributed by atoms with E-state index >= 15 is 0 Å². The second kappa shape index (κ2) is 5.72. The number of benzene rings is 1. The maximum Gasteiger partial charge on any atom is 0.137 e. The van der Waals surface area contributed by atoms with Gasteiger partial charge in [-0.15, -0.1) is 0 Å². The second-order valence-corrected chi connectivity index (χ2v) is 7.07. The second-order valence-electron chi connectivity index (χ2n) is 5.91. The minimum Gasteiger partial charge on any atom is -0.310 e. The molecule has 0 aromatic heterocycles. The zero-order valence-corrected chi connectivity index (χ0v) is 13.7. The standard InChI is InChI=1S/C16H19FINO/c1-2-15(20)16-11(8-10-4-6-14(16)19-10)9-3-5-13(18)12(17)7-9/h3,5,7,10-11,14,16,19H,2,4,6,8H2,1H3/t10-,11+,14+,16-/m0/s1. The molecule has 0 unspecified atom stereocenters. The molecule has 1 aromatic carbocycles. The largest absolute Gasteiger partial charge is 0.310 e. The van der Waals surface area contributed by atoms with Crippen molar-refractivity contribution in [2.45, 2.75) is 50.6 Å². The van der Waals surface area contributed by atoms with E-state index in [9.17, 15) is 9.18 Å². The van der Waals surface area contributed by atoms with Crippen molar-refractivity contribution in [3.8, 4) is 0 Å². The molecule has 2 saturated heterocycles. The maximum atomic E-state index is 13.8. The Labute approximate surface area is 132 Å². The maximum absolute atomic E-state index is 13.8. The van der Waals surface area contributed by atoms with Crippen LogP contribution in [0.5, 0.6) is 0 Å². The van der Waals surface area contributed by atoms with Gasteiger partial charge >= 0.3 is 0 Å². The summed E-state index contributed by atoms with van der Waals surface area (Å²) in [5.41, 5.74) is 0.994. The smallest absolute Gasteiger partial charge is 0.137 e. The lowest BCUT2D eigenvalue weighted by atomic mass is 9.74. The first-order chi connectivity index (χ1) is 9.60. The number of hydrogen-bond donors (Lipinski definition) is 1. The third kappa shape index (κ3) is 2.52. The predicted octanol–water partition coefficient (Wildman–Crippen LogP) is 3.63. The van der Waals surface area contributed by atoms with Crippen LogP contribution in [-0.2, 0) is 4.79 Å². The van der Waals surface area contributed by atoms with E-state index in [2.05, 4.69) is 5.32 Å². The summed E-state index contributed by atoms with van der Waals surface area (Å²) in [5.74, 6) is 0.328. The Hall–Kier alpha value is -0.490. The van der Waals surface area contributed by atoms with Crippen LogP contribution in [0.25, 0.3) is 0 Å². The summed E-state index contributed by atoms with van der Waals surface area (Å²) in [6, 6.07) is 6.23. The van der Waals surface area contributed by atoms with Crippen molar-refractivity contribution < 1.29 is 9.18 Å². The monoisotopic (exact) mass is 387 g/mol. The quantitative estimate of drug-likeness (QED) is 0.803. The zero-order valence-electron chi connectivity index (χ0n) is 11.5. The summed E-state index contributed by atoms with van der Waals surface area (Å²) in [4.78, 5) is 12.4. The van der Waals surface area contributed by atoms with Crippen LogP contribution in [0, 0.1) is 15.3 Å². The average molecular weight is 387 g/mol. The molecule has 2 aliphatic rings. The fourth-order valence-corrected chi connectivity index (χ4v) is 4.16. The molecule has 2 aliphatic heterocycles. The molecule has 108 valence electrons. The highest BCUT2D eigenvalue weighted by molar-refractivity contribution is 14.1. The predicted molar refractivity (Wildman–Crippen MR) is 85.2 cm³/mol. The van der Waals surface area contributed by atoms with Gasteiger partial charge in [0.25, 0.3) is 0 Å². The highest BCUT2D eigenvalue weighted by Gasteiger charge is 2.44. The van der Waals surface area contributed by atoms with Crippen molar-refractivity contribution in [3.63, 3.8) is 0 Å². The number of nitrogens with one attached hydrogen (secondary N) is 1. The first-order valence-corrected chi connectivity index (χ1v) is 8.41. The average Bonchev–Trinajstić information content (AvgIpc) is 2.82. The van der Waals surface area contributed by atoms with Crippen molar-refractivity contribution >= 4 is 28.4 Å². The topological polar surface area (TPSA) is 29.1 Å². The van der Waals surface area contributed by atoms with Gasteiger partial charge in [-0.05, 0) is 65.5 Å². The molecule has 4 atom stereocenters. The Morgan fingerprint density at radius 3 is 2.95 bits per heavy atom. The van der Waals surface area contributed by atoms with Gasteiger partial charge in [-0.1, -0.05) is 13.0 Å². The molecular weight excluding hydrogens is 368 g/mol. The van der Waals surface area contributed by atoms with Crippen molar-refractivity contribution in [1.29, 1.82) is 0 Å². The summed E-state index contributed by atoms with van der Waals surface area (Å²) >= 11 is 2.00. The van der Waals surface area contributed by atoms with Crippen LogP contribution >= 0.6 is 22.6 Å². The number of halogens is 2. The highest BCUT2D eigenvalue weighted by Crippen LogP contribution is 2.42. The number of fused-ring (bicyclic) bond motifs is 2. The fourth-order valence-electron chi connectivity index (χ4n) is 3.82. The third-order valence-corrected chi connectivity index (χ3v) is 5.65. The Morgan fingerprint density at radius 1 is 1.45 bits per heavy atom. The van der Waals surface area contributed by atoms with Crippen LogP contribution in [0.4, 0.5) is 4.39 Å². The molecule has 1 aromatic rings. The number of hydrogen-bond acceptors (Lipinski definition) is 2. The summed E-state index contributed by atoms with van der Waals surface area (Å²) < 4.78 is 14.5. The summed E-state index contributed by atoms with van der Waals surface area (Å²) in [6.45, 7) is 1.93. The van der Waals surface area contributed by atoms with Gasteiger partial charge in [0.1, 0.15) is 11.6 Å². The molecular formula is C16H19FINO. The number of piperidine rings is 1. The van der Waals surface area contributed by atoms with Crippen LogP contribution in [-0.4, -0.2) is 17.9 Å². The van der Waals surface area contributed by atoms with E-state index in [0.29, 0.717) is 21.8 Å². The normalized spacial score (nSPS) is 32.4. The number of carbonyl (C=O) groups excluding carboxylic acids is 1. The van der Waals surface area contributed by atoms with E-state index in [1.807, 2.05) is 41.6 Å². The number of ketones is 1. The van der Waals surface area contributed by atoms with E-state index in [-0.39, 0.29) is 23.7 Å². The Balaban J connectivity index is 1.96. The van der Waals surface area contributed by atoms with Crippen LogP contribution in [0.3, 0.4) is 0 Å². The van der Waals surface area contributed by atoms with E-state index in [0.717, 1.165) is 24.8 Å². The molecule has 1 N–H and O–H groups in total. The summed E-state index contributed by atoms with van der Waals surface area (Å²) in [7, 11) is 0. The van der Waals surface area contributed by atoms with Gasteiger partial charge in [0.05, 0.1) is 0 Å². The van der Waals surface area contributed by atoms with Gasteiger partial charge in [0, 0.05) is 28.0 Å². The van der Waals surface area contributed by atoms with Crippen LogP contribution in [0.2, 0.25) is 0 Å². The van der Waals surface area contributed by atoms with Gasteiger partial charge in [0.15, 0.2) is 0 Å². The molecule has 0 aliphatic carbocycles. The molecule has 2 nitrogen and oxygen atoms in total. The third-order valence-electron chi connectivity index (χ3n) is 4.77. The number of Topliss-reactive ketones (excluding diaryl/α,β-unsaturated/α-hetero) is 1. The Bertz CT molecular complexity index is 533. The highest BCUT2D eigenvalue weighted by atomic mass is 127. The van der Waals surface area contributed by atoms with E-state index in [1.54, 1.807) is 6.07 Å². The molecule has 2 fully saturated rings. The van der Waals surface area contributed by atoms with Gasteiger partial charge in [0.2, 0.25) is 0 Å². The summed E-state index contributed by atoms with van der Waals surface area (Å²) in [5, 5.41) is 3.57. The van der Waals surface area contributed by atoms with Crippen molar-refractivity contribution in [2.75, 3.05) is 0 Å². The Morgan fingerprint density at radius 2 is 2.25 bits per heavy atom. The van der Waals surface area contributed by atoms with Gasteiger partial charge < -0.3 is 5.32 Å². The van der Waals surface area contributed by atoms with Crippen molar-refractivity contribution in [2.24, 2.45) is 5.92 Å². The SMILES string of the molecule is CCC(=O)[C@H]1[C@@H](c2ccc(I)c(F)c2)C[C@@H]2CC[C@H]1N2. The van der Waals surface area contributed by atoms with Crippen LogP contribution < -0.4 is 5.32 Å². The lowest BCUT2D eigenvalue weighted by molar-refractivity contribution is -0.124. The number of carbonyl (C=O) groups is 1. The minimum absolute atomic E-state index is 0.0122. The molecule has 3 rings (SSSR count). The van der Waals surface area contributed by atoms with Crippen LogP contribution in [0.1, 0.15) is 44.1 Å². The lowest BCUT2D eigenvalue weighted by Gasteiger charge is -2.37. The molecule has 2 heterocycles. The molecule has 0 spiro atoms. The van der Waals surface area contributed by atoms with Crippen molar-refractivity contribution in [1.82, 2.24) is 5.32 Å². The Kier molecular flexibility index (Phi) is 4.13. The molecule has 0 radical (unpaired) electrons. The van der Waals surface area contributed by atoms with Crippen LogP contribution in [0.15, 0.2) is 18.2 Å². The van der Waals surface area contributed by atoms with E-state index < -0.39 is 0 Å². The van der Waals surface area contributed by atoms with Gasteiger partial charge in [-0.3, -0.25) is 4.79 Å².